The van der Waals surface area contributed by atoms with Crippen LogP contribution in [0.25, 0.3) is 10.9 Å². The number of benzene rings is 2. The number of alkyl halides is 1. The van der Waals surface area contributed by atoms with Gasteiger partial charge in [-0.05, 0) is 24.1 Å². The second-order valence-corrected chi connectivity index (χ2v) is 5.80. The molecule has 110 valence electrons. The topological polar surface area (TPSA) is 36.1 Å². The Labute approximate surface area is 133 Å². The van der Waals surface area contributed by atoms with E-state index >= 15 is 0 Å². The van der Waals surface area contributed by atoms with Crippen molar-refractivity contribution in [3.05, 3.63) is 65.9 Å². The molecule has 0 unspecified atom stereocenters. The number of fused-ring (bicyclic) bond motifs is 2. The number of carbonyl (C=O) groups excluding carboxylic acids is 1. The smallest absolute Gasteiger partial charge is 0.242 e. The number of halogens is 1. The van der Waals surface area contributed by atoms with E-state index in [1.807, 2.05) is 41.4 Å². The van der Waals surface area contributed by atoms with E-state index in [9.17, 15) is 4.79 Å². The summed E-state index contributed by atoms with van der Waals surface area (Å²) in [6.07, 6.45) is 2.83. The summed E-state index contributed by atoms with van der Waals surface area (Å²) in [6, 6.07) is 16.2. The van der Waals surface area contributed by atoms with Gasteiger partial charge in [0.05, 0.1) is 6.04 Å². The third-order valence-corrected chi connectivity index (χ3v) is 4.57. The fourth-order valence-corrected chi connectivity index (χ4v) is 3.51. The lowest BCUT2D eigenvalue weighted by Crippen LogP contribution is -2.32. The Hall–Kier alpha value is -2.26. The molecule has 1 aromatic heterocycles. The van der Waals surface area contributed by atoms with Gasteiger partial charge in [-0.3, -0.25) is 4.79 Å². The minimum atomic E-state index is -0.0538. The first-order valence-electron chi connectivity index (χ1n) is 7.31. The molecule has 1 atom stereocenters. The van der Waals surface area contributed by atoms with E-state index in [0.717, 1.165) is 28.6 Å². The molecule has 0 radical (unpaired) electrons. The van der Waals surface area contributed by atoms with Crippen molar-refractivity contribution in [3.63, 3.8) is 0 Å². The Kier molecular flexibility index (Phi) is 3.16. The molecule has 4 heteroatoms. The summed E-state index contributed by atoms with van der Waals surface area (Å²) in [5, 5.41) is 1.16. The van der Waals surface area contributed by atoms with Crippen molar-refractivity contribution in [2.45, 2.75) is 12.5 Å². The Morgan fingerprint density at radius 1 is 1.18 bits per heavy atom. The Balaban J connectivity index is 1.86. The van der Waals surface area contributed by atoms with Crippen molar-refractivity contribution in [1.82, 2.24) is 4.98 Å². The predicted molar refractivity (Wildman–Crippen MR) is 89.4 cm³/mol. The average Bonchev–Trinajstić information content (AvgIpc) is 3.15. The summed E-state index contributed by atoms with van der Waals surface area (Å²) in [4.78, 5) is 17.5. The molecule has 22 heavy (non-hydrogen) atoms. The summed E-state index contributed by atoms with van der Waals surface area (Å²) in [7, 11) is 0. The summed E-state index contributed by atoms with van der Waals surface area (Å²) in [6.45, 7) is 0. The van der Waals surface area contributed by atoms with E-state index in [0.29, 0.717) is 0 Å². The van der Waals surface area contributed by atoms with Crippen LogP contribution < -0.4 is 4.90 Å². The van der Waals surface area contributed by atoms with Gasteiger partial charge in [0.15, 0.2) is 0 Å². The molecule has 3 aromatic rings. The molecule has 1 N–H and O–H groups in total. The highest BCUT2D eigenvalue weighted by molar-refractivity contribution is 6.29. The van der Waals surface area contributed by atoms with Crippen LogP contribution in [0.5, 0.6) is 0 Å². The molecule has 4 rings (SSSR count). The molecular formula is C18H15ClN2O. The van der Waals surface area contributed by atoms with Gasteiger partial charge < -0.3 is 9.88 Å². The van der Waals surface area contributed by atoms with Crippen LogP contribution in [-0.2, 0) is 11.2 Å². The maximum absolute atomic E-state index is 12.4. The van der Waals surface area contributed by atoms with Crippen LogP contribution in [-0.4, -0.2) is 16.8 Å². The molecule has 1 amide bonds. The molecular weight excluding hydrogens is 296 g/mol. The first-order valence-corrected chi connectivity index (χ1v) is 7.85. The van der Waals surface area contributed by atoms with Crippen molar-refractivity contribution in [2.75, 3.05) is 10.8 Å². The van der Waals surface area contributed by atoms with Gasteiger partial charge in [-0.15, -0.1) is 11.6 Å². The number of hydrogen-bond donors (Lipinski definition) is 1. The van der Waals surface area contributed by atoms with Gasteiger partial charge in [-0.1, -0.05) is 36.4 Å². The number of aromatic amines is 1. The average molecular weight is 311 g/mol. The van der Waals surface area contributed by atoms with E-state index in [1.54, 1.807) is 0 Å². The zero-order chi connectivity index (χ0) is 15.1. The third-order valence-electron chi connectivity index (χ3n) is 4.34. The van der Waals surface area contributed by atoms with Crippen molar-refractivity contribution >= 4 is 34.1 Å². The number of anilines is 1. The lowest BCUT2D eigenvalue weighted by Gasteiger charge is -2.24. The highest BCUT2D eigenvalue weighted by Crippen LogP contribution is 2.42. The number of aromatic nitrogens is 1. The second-order valence-electron chi connectivity index (χ2n) is 5.54. The maximum atomic E-state index is 12.4. The SMILES string of the molecule is O=C(CCl)N1c2ccccc2C[C@H]1c1c[nH]c2ccccc12. The van der Waals surface area contributed by atoms with Crippen LogP contribution in [0, 0.1) is 0 Å². The quantitative estimate of drug-likeness (QED) is 0.713. The second kappa shape index (κ2) is 5.18. The molecule has 1 aliphatic heterocycles. The molecule has 0 fully saturated rings. The van der Waals surface area contributed by atoms with Gasteiger partial charge in [0.1, 0.15) is 5.88 Å². The fraction of sp³-hybridized carbons (Fsp3) is 0.167. The molecule has 1 aliphatic rings. The maximum Gasteiger partial charge on any atom is 0.242 e. The zero-order valence-corrected chi connectivity index (χ0v) is 12.7. The standard InChI is InChI=1S/C18H15ClN2O/c19-10-18(22)21-16-8-4-1-5-12(16)9-17(21)14-11-20-15-7-3-2-6-13(14)15/h1-8,11,17,20H,9-10H2/t17-/m0/s1. The van der Waals surface area contributed by atoms with Crippen molar-refractivity contribution in [1.29, 1.82) is 0 Å². The van der Waals surface area contributed by atoms with E-state index in [4.69, 9.17) is 11.6 Å². The number of nitrogens with one attached hydrogen (secondary N) is 1. The van der Waals surface area contributed by atoms with Crippen LogP contribution in [0.3, 0.4) is 0 Å². The van der Waals surface area contributed by atoms with Crippen molar-refractivity contribution in [2.24, 2.45) is 0 Å². The van der Waals surface area contributed by atoms with Gasteiger partial charge in [-0.2, -0.15) is 0 Å². The third kappa shape index (κ3) is 1.93. The number of nitrogens with zero attached hydrogens (tertiary/aromatic N) is 1. The highest BCUT2D eigenvalue weighted by Gasteiger charge is 2.35. The Morgan fingerprint density at radius 2 is 1.95 bits per heavy atom. The van der Waals surface area contributed by atoms with E-state index in [2.05, 4.69) is 23.2 Å². The summed E-state index contributed by atoms with van der Waals surface area (Å²) >= 11 is 5.84. The molecule has 0 saturated heterocycles. The largest absolute Gasteiger partial charge is 0.361 e. The number of H-pyrrole nitrogens is 1. The number of rotatable bonds is 2. The number of amides is 1. The van der Waals surface area contributed by atoms with Crippen LogP contribution in [0.4, 0.5) is 5.69 Å². The van der Waals surface area contributed by atoms with Gasteiger partial charge in [0.25, 0.3) is 0 Å². The summed E-state index contributed by atoms with van der Waals surface area (Å²) < 4.78 is 0. The number of hydrogen-bond acceptors (Lipinski definition) is 1. The Bertz CT molecular complexity index is 855. The van der Waals surface area contributed by atoms with Gasteiger partial charge in [0.2, 0.25) is 5.91 Å². The summed E-state index contributed by atoms with van der Waals surface area (Å²) in [5.74, 6) is -0.0606. The van der Waals surface area contributed by atoms with E-state index < -0.39 is 0 Å². The monoisotopic (exact) mass is 310 g/mol. The molecule has 0 aliphatic carbocycles. The lowest BCUT2D eigenvalue weighted by molar-refractivity contribution is -0.116. The molecule has 3 nitrogen and oxygen atoms in total. The van der Waals surface area contributed by atoms with Crippen LogP contribution >= 0.6 is 11.6 Å². The van der Waals surface area contributed by atoms with Crippen LogP contribution in [0.1, 0.15) is 17.2 Å². The van der Waals surface area contributed by atoms with E-state index in [1.165, 1.54) is 5.56 Å². The molecule has 2 heterocycles. The number of para-hydroxylation sites is 2. The van der Waals surface area contributed by atoms with Crippen molar-refractivity contribution < 1.29 is 4.79 Å². The predicted octanol–water partition coefficient (Wildman–Crippen LogP) is 4.04. The van der Waals surface area contributed by atoms with E-state index in [-0.39, 0.29) is 17.8 Å². The molecule has 0 saturated carbocycles. The minimum absolute atomic E-state index is 0.000185. The van der Waals surface area contributed by atoms with Gasteiger partial charge >= 0.3 is 0 Å². The number of carbonyl (C=O) groups is 1. The van der Waals surface area contributed by atoms with Crippen LogP contribution in [0.15, 0.2) is 54.7 Å². The minimum Gasteiger partial charge on any atom is -0.361 e. The first kappa shape index (κ1) is 13.4. The van der Waals surface area contributed by atoms with Crippen LogP contribution in [0.2, 0.25) is 0 Å². The highest BCUT2D eigenvalue weighted by atomic mass is 35.5. The fourth-order valence-electron chi connectivity index (χ4n) is 3.38. The van der Waals surface area contributed by atoms with Gasteiger partial charge in [0, 0.05) is 28.4 Å². The summed E-state index contributed by atoms with van der Waals surface area (Å²) in [5.41, 5.74) is 4.40. The molecule has 0 bridgehead atoms. The lowest BCUT2D eigenvalue weighted by atomic mass is 10.0. The molecule has 2 aromatic carbocycles. The van der Waals surface area contributed by atoms with Crippen molar-refractivity contribution in [3.8, 4) is 0 Å². The van der Waals surface area contributed by atoms with Gasteiger partial charge in [-0.25, -0.2) is 0 Å². The normalized spacial score (nSPS) is 17.0. The Morgan fingerprint density at radius 3 is 2.82 bits per heavy atom. The zero-order valence-electron chi connectivity index (χ0n) is 11.9. The first-order chi connectivity index (χ1) is 10.8. The molecule has 0 spiro atoms.